The van der Waals surface area contributed by atoms with E-state index in [1.165, 1.54) is 12.3 Å². The molecule has 144 valence electrons. The number of aromatic amines is 1. The van der Waals surface area contributed by atoms with Crippen molar-refractivity contribution in [2.75, 3.05) is 19.6 Å². The number of ether oxygens (including phenoxy) is 1. The maximum atomic E-state index is 13.5. The standard InChI is InChI=1S/C18H18F3N5O.H2/c1-2-26-9-7-11(10-26)27-14-6-5-13(18(19,20)21)16(23-14)15-12-4-3-8-22-17(12)25-24-15;/h3-6,8,11H,2,7,9-10H2,1H3,(H,22,24,25);1H. The first-order valence-electron chi connectivity index (χ1n) is 8.72. The van der Waals surface area contributed by atoms with Gasteiger partial charge in [0.1, 0.15) is 11.8 Å². The summed E-state index contributed by atoms with van der Waals surface area (Å²) in [4.78, 5) is 10.5. The number of hydrogen-bond acceptors (Lipinski definition) is 5. The van der Waals surface area contributed by atoms with Gasteiger partial charge in [0.2, 0.25) is 5.88 Å². The van der Waals surface area contributed by atoms with Crippen LogP contribution in [-0.4, -0.2) is 50.8 Å². The lowest BCUT2D eigenvalue weighted by Crippen LogP contribution is -2.24. The molecular formula is C18H20F3N5O. The summed E-state index contributed by atoms with van der Waals surface area (Å²) in [5, 5.41) is 7.10. The first kappa shape index (κ1) is 17.7. The molecular weight excluding hydrogens is 359 g/mol. The van der Waals surface area contributed by atoms with Crippen molar-refractivity contribution in [2.24, 2.45) is 0 Å². The Morgan fingerprint density at radius 2 is 2.19 bits per heavy atom. The van der Waals surface area contributed by atoms with Gasteiger partial charge in [0, 0.05) is 32.2 Å². The van der Waals surface area contributed by atoms with Crippen LogP contribution in [0.4, 0.5) is 13.2 Å². The monoisotopic (exact) mass is 379 g/mol. The largest absolute Gasteiger partial charge is 0.473 e. The molecule has 0 bridgehead atoms. The Bertz CT molecular complexity index is 962. The molecule has 1 aliphatic heterocycles. The van der Waals surface area contributed by atoms with Crippen LogP contribution in [0.2, 0.25) is 0 Å². The number of pyridine rings is 2. The van der Waals surface area contributed by atoms with E-state index in [9.17, 15) is 13.2 Å². The number of nitrogens with zero attached hydrogens (tertiary/aromatic N) is 4. The molecule has 1 aliphatic rings. The van der Waals surface area contributed by atoms with Crippen LogP contribution in [0.1, 0.15) is 20.3 Å². The van der Waals surface area contributed by atoms with Crippen LogP contribution in [-0.2, 0) is 6.18 Å². The Morgan fingerprint density at radius 3 is 2.93 bits per heavy atom. The fourth-order valence-corrected chi connectivity index (χ4v) is 3.31. The molecule has 1 N–H and O–H groups in total. The Kier molecular flexibility index (Phi) is 4.47. The van der Waals surface area contributed by atoms with Crippen molar-refractivity contribution >= 4 is 11.0 Å². The van der Waals surface area contributed by atoms with Gasteiger partial charge in [0.25, 0.3) is 0 Å². The first-order chi connectivity index (χ1) is 13.0. The SMILES string of the molecule is CCN1CCC(Oc2ccc(C(F)(F)F)c(-c3[nH]nc4ncccc34)n2)C1.[HH]. The van der Waals surface area contributed by atoms with Crippen LogP contribution in [0.5, 0.6) is 5.88 Å². The van der Waals surface area contributed by atoms with Crippen molar-refractivity contribution in [2.45, 2.75) is 25.6 Å². The average molecular weight is 379 g/mol. The maximum Gasteiger partial charge on any atom is 0.418 e. The topological polar surface area (TPSA) is 66.9 Å². The molecule has 4 heterocycles. The second-order valence-corrected chi connectivity index (χ2v) is 6.44. The molecule has 1 saturated heterocycles. The van der Waals surface area contributed by atoms with Gasteiger partial charge in [0.05, 0.1) is 11.3 Å². The lowest BCUT2D eigenvalue weighted by Gasteiger charge is -2.17. The fourth-order valence-electron chi connectivity index (χ4n) is 3.31. The number of hydrogen-bond donors (Lipinski definition) is 1. The summed E-state index contributed by atoms with van der Waals surface area (Å²) in [5.41, 5.74) is -0.563. The average Bonchev–Trinajstić information content (AvgIpc) is 3.27. The van der Waals surface area contributed by atoms with Gasteiger partial charge in [-0.25, -0.2) is 9.97 Å². The number of nitrogens with one attached hydrogen (secondary N) is 1. The number of likely N-dealkylation sites (N-methyl/N-ethyl adjacent to an activating group) is 1. The molecule has 3 aromatic rings. The predicted octanol–water partition coefficient (Wildman–Crippen LogP) is 3.76. The minimum atomic E-state index is -4.55. The Labute approximate surface area is 154 Å². The molecule has 4 rings (SSSR count). The summed E-state index contributed by atoms with van der Waals surface area (Å²) in [5.74, 6) is 0.174. The summed E-state index contributed by atoms with van der Waals surface area (Å²) in [7, 11) is 0. The third-order valence-corrected chi connectivity index (χ3v) is 4.71. The fraction of sp³-hybridized carbons (Fsp3) is 0.389. The van der Waals surface area contributed by atoms with Gasteiger partial charge in [-0.3, -0.25) is 10.00 Å². The van der Waals surface area contributed by atoms with Crippen molar-refractivity contribution in [3.8, 4) is 17.3 Å². The number of rotatable bonds is 4. The predicted molar refractivity (Wildman–Crippen MR) is 95.4 cm³/mol. The van der Waals surface area contributed by atoms with Gasteiger partial charge in [0.15, 0.2) is 5.65 Å². The summed E-state index contributed by atoms with van der Waals surface area (Å²) in [6.45, 7) is 4.63. The lowest BCUT2D eigenvalue weighted by molar-refractivity contribution is -0.137. The Hall–Kier alpha value is -2.68. The number of halogens is 3. The summed E-state index contributed by atoms with van der Waals surface area (Å²) < 4.78 is 46.5. The van der Waals surface area contributed by atoms with Gasteiger partial charge < -0.3 is 4.74 Å². The molecule has 1 fully saturated rings. The van der Waals surface area contributed by atoms with Crippen LogP contribution in [0.15, 0.2) is 30.5 Å². The zero-order valence-electron chi connectivity index (χ0n) is 14.6. The van der Waals surface area contributed by atoms with E-state index < -0.39 is 11.7 Å². The summed E-state index contributed by atoms with van der Waals surface area (Å²) in [6.07, 6.45) is -2.28. The van der Waals surface area contributed by atoms with Crippen LogP contribution in [0.3, 0.4) is 0 Å². The molecule has 9 heteroatoms. The van der Waals surface area contributed by atoms with Crippen LogP contribution < -0.4 is 4.74 Å². The van der Waals surface area contributed by atoms with Crippen LogP contribution in [0.25, 0.3) is 22.4 Å². The van der Waals surface area contributed by atoms with Gasteiger partial charge in [-0.1, -0.05) is 6.92 Å². The van der Waals surface area contributed by atoms with Crippen LogP contribution >= 0.6 is 0 Å². The van der Waals surface area contributed by atoms with Crippen LogP contribution in [0, 0.1) is 0 Å². The summed E-state index contributed by atoms with van der Waals surface area (Å²) >= 11 is 0. The highest BCUT2D eigenvalue weighted by atomic mass is 19.4. The molecule has 6 nitrogen and oxygen atoms in total. The molecule has 0 aromatic carbocycles. The number of alkyl halides is 3. The van der Waals surface area contributed by atoms with Gasteiger partial charge in [-0.2, -0.15) is 18.3 Å². The van der Waals surface area contributed by atoms with Gasteiger partial charge >= 0.3 is 6.18 Å². The smallest absolute Gasteiger partial charge is 0.418 e. The third-order valence-electron chi connectivity index (χ3n) is 4.71. The Morgan fingerprint density at radius 1 is 1.33 bits per heavy atom. The molecule has 3 aromatic heterocycles. The van der Waals surface area contributed by atoms with E-state index in [1.54, 1.807) is 12.1 Å². The molecule has 27 heavy (non-hydrogen) atoms. The minimum Gasteiger partial charge on any atom is -0.473 e. The molecule has 1 unspecified atom stereocenters. The van der Waals surface area contributed by atoms with Gasteiger partial charge in [-0.15, -0.1) is 0 Å². The molecule has 0 aliphatic carbocycles. The third kappa shape index (κ3) is 3.46. The lowest BCUT2D eigenvalue weighted by atomic mass is 10.1. The van der Waals surface area contributed by atoms with E-state index in [0.29, 0.717) is 11.0 Å². The Balaban J connectivity index is 0.00000225. The van der Waals surface area contributed by atoms with Crippen molar-refractivity contribution in [3.05, 3.63) is 36.0 Å². The normalized spacial score (nSPS) is 18.3. The number of fused-ring (bicyclic) bond motifs is 1. The van der Waals surface area contributed by atoms with E-state index in [1.807, 2.05) is 0 Å². The minimum absolute atomic E-state index is 0. The molecule has 0 saturated carbocycles. The highest BCUT2D eigenvalue weighted by molar-refractivity contribution is 5.90. The highest BCUT2D eigenvalue weighted by Crippen LogP contribution is 2.38. The van der Waals surface area contributed by atoms with Crippen molar-refractivity contribution in [1.82, 2.24) is 25.1 Å². The van der Waals surface area contributed by atoms with E-state index in [0.717, 1.165) is 32.1 Å². The van der Waals surface area contributed by atoms with Crippen molar-refractivity contribution in [1.29, 1.82) is 0 Å². The van der Waals surface area contributed by atoms with E-state index >= 15 is 0 Å². The number of aromatic nitrogens is 4. The second-order valence-electron chi connectivity index (χ2n) is 6.44. The molecule has 0 spiro atoms. The molecule has 0 radical (unpaired) electrons. The summed E-state index contributed by atoms with van der Waals surface area (Å²) in [6, 6.07) is 5.59. The first-order valence-corrected chi connectivity index (χ1v) is 8.72. The maximum absolute atomic E-state index is 13.5. The number of likely N-dealkylation sites (tertiary alicyclic amines) is 1. The van der Waals surface area contributed by atoms with Crippen molar-refractivity contribution in [3.63, 3.8) is 0 Å². The van der Waals surface area contributed by atoms with E-state index in [4.69, 9.17) is 4.74 Å². The quantitative estimate of drug-likeness (QED) is 0.748. The van der Waals surface area contributed by atoms with Crippen molar-refractivity contribution < 1.29 is 19.3 Å². The van der Waals surface area contributed by atoms with E-state index in [2.05, 4.69) is 32.0 Å². The second kappa shape index (κ2) is 6.80. The zero-order chi connectivity index (χ0) is 19.0. The highest BCUT2D eigenvalue weighted by Gasteiger charge is 2.36. The van der Waals surface area contributed by atoms with Gasteiger partial charge in [-0.05, 0) is 31.2 Å². The van der Waals surface area contributed by atoms with E-state index in [-0.39, 0.29) is 24.8 Å². The number of H-pyrrole nitrogens is 1. The molecule has 0 amide bonds. The zero-order valence-corrected chi connectivity index (χ0v) is 14.6. The molecule has 1 atom stereocenters.